The molecule has 0 N–H and O–H groups in total. The molecule has 0 aromatic heterocycles. The molecule has 2 fully saturated rings. The lowest BCUT2D eigenvalue weighted by atomic mass is 9.93. The quantitative estimate of drug-likeness (QED) is 0.751. The first-order valence-corrected chi connectivity index (χ1v) is 10.6. The molecule has 3 atom stereocenters. The molecule has 0 spiro atoms. The average Bonchev–Trinajstić information content (AvgIpc) is 2.91. The normalized spacial score (nSPS) is 27.0. The second-order valence-corrected chi connectivity index (χ2v) is 8.88. The van der Waals surface area contributed by atoms with Crippen molar-refractivity contribution in [1.82, 2.24) is 4.31 Å². The van der Waals surface area contributed by atoms with E-state index in [0.29, 0.717) is 12.8 Å². The molecule has 1 aliphatic carbocycles. The van der Waals surface area contributed by atoms with Gasteiger partial charge in [0.25, 0.3) is 0 Å². The first kappa shape index (κ1) is 19.0. The lowest BCUT2D eigenvalue weighted by Crippen LogP contribution is -2.46. The highest BCUT2D eigenvalue weighted by atomic mass is 32.2. The van der Waals surface area contributed by atoms with Crippen LogP contribution in [0.2, 0.25) is 0 Å². The highest BCUT2D eigenvalue weighted by Gasteiger charge is 2.53. The number of ether oxygens (including phenoxy) is 1. The van der Waals surface area contributed by atoms with Crippen LogP contribution in [0.25, 0.3) is 0 Å². The van der Waals surface area contributed by atoms with Crippen LogP contribution in [0.1, 0.15) is 44.6 Å². The molecule has 142 valence electrons. The van der Waals surface area contributed by atoms with E-state index in [9.17, 15) is 18.0 Å². The summed E-state index contributed by atoms with van der Waals surface area (Å²) in [7, 11) is -3.90. The summed E-state index contributed by atoms with van der Waals surface area (Å²) in [5.74, 6) is -0.931. The summed E-state index contributed by atoms with van der Waals surface area (Å²) in [4.78, 5) is 25.1. The fraction of sp³-hybridized carbons (Fsp3) is 0.579. The number of hydrogen-bond acceptors (Lipinski definition) is 5. The number of carbonyl (C=O) groups is 2. The van der Waals surface area contributed by atoms with Crippen LogP contribution < -0.4 is 0 Å². The predicted molar refractivity (Wildman–Crippen MR) is 96.0 cm³/mol. The second-order valence-electron chi connectivity index (χ2n) is 7.04. The Morgan fingerprint density at radius 1 is 1.23 bits per heavy atom. The number of aryl methyl sites for hydroxylation is 1. The van der Waals surface area contributed by atoms with E-state index in [4.69, 9.17) is 4.74 Å². The van der Waals surface area contributed by atoms with Gasteiger partial charge in [0.1, 0.15) is 11.8 Å². The third-order valence-corrected chi connectivity index (χ3v) is 7.27. The van der Waals surface area contributed by atoms with Gasteiger partial charge in [-0.25, -0.2) is 8.42 Å². The molecule has 1 aromatic rings. The molecule has 0 unspecified atom stereocenters. The van der Waals surface area contributed by atoms with Gasteiger partial charge in [-0.05, 0) is 45.2 Å². The lowest BCUT2D eigenvalue weighted by Gasteiger charge is -2.29. The average molecular weight is 379 g/mol. The molecule has 0 bridgehead atoms. The van der Waals surface area contributed by atoms with Crippen LogP contribution in [0, 0.1) is 12.8 Å². The van der Waals surface area contributed by atoms with Crippen molar-refractivity contribution in [2.45, 2.75) is 62.9 Å². The standard InChI is InChI=1S/C19H25NO5S/c1-3-25-19(22)17-12-15-16(6-4-5-7-18(15)21)20(17)26(23,24)14-10-8-13(2)9-11-14/h8-11,15-17H,3-7,12H2,1-2H3/t15-,16+,17-/m0/s1. The van der Waals surface area contributed by atoms with Crippen molar-refractivity contribution in [2.75, 3.05) is 6.61 Å². The van der Waals surface area contributed by atoms with E-state index in [1.54, 1.807) is 31.2 Å². The summed E-state index contributed by atoms with van der Waals surface area (Å²) >= 11 is 0. The van der Waals surface area contributed by atoms with Gasteiger partial charge >= 0.3 is 5.97 Å². The Labute approximate surface area is 154 Å². The van der Waals surface area contributed by atoms with Gasteiger partial charge in [-0.2, -0.15) is 4.31 Å². The van der Waals surface area contributed by atoms with E-state index < -0.39 is 34.0 Å². The molecule has 1 saturated heterocycles. The van der Waals surface area contributed by atoms with E-state index in [1.807, 2.05) is 6.92 Å². The number of carbonyl (C=O) groups excluding carboxylic acids is 2. The molecular weight excluding hydrogens is 354 g/mol. The zero-order valence-corrected chi connectivity index (χ0v) is 16.0. The number of rotatable bonds is 4. The van der Waals surface area contributed by atoms with E-state index >= 15 is 0 Å². The minimum absolute atomic E-state index is 0.0587. The molecule has 1 saturated carbocycles. The molecule has 0 amide bonds. The minimum Gasteiger partial charge on any atom is -0.465 e. The molecule has 2 aliphatic rings. The van der Waals surface area contributed by atoms with Crippen LogP contribution >= 0.6 is 0 Å². The number of esters is 1. The van der Waals surface area contributed by atoms with Gasteiger partial charge in [-0.15, -0.1) is 0 Å². The smallest absolute Gasteiger partial charge is 0.324 e. The van der Waals surface area contributed by atoms with Gasteiger partial charge in [0.05, 0.1) is 11.5 Å². The first-order valence-electron chi connectivity index (χ1n) is 9.15. The number of hydrogen-bond donors (Lipinski definition) is 0. The van der Waals surface area contributed by atoms with E-state index in [2.05, 4.69) is 0 Å². The maximum Gasteiger partial charge on any atom is 0.324 e. The van der Waals surface area contributed by atoms with Crippen molar-refractivity contribution in [3.63, 3.8) is 0 Å². The zero-order chi connectivity index (χ0) is 18.9. The summed E-state index contributed by atoms with van der Waals surface area (Å²) < 4.78 is 33.1. The molecule has 7 heteroatoms. The minimum atomic E-state index is -3.90. The molecule has 3 rings (SSSR count). The summed E-state index contributed by atoms with van der Waals surface area (Å²) in [6.45, 7) is 3.75. The third-order valence-electron chi connectivity index (χ3n) is 5.32. The van der Waals surface area contributed by atoms with Crippen molar-refractivity contribution in [3.05, 3.63) is 29.8 Å². The SMILES string of the molecule is CCOC(=O)[C@@H]1C[C@@H]2C(=O)CCCC[C@H]2N1S(=O)(=O)c1ccc(C)cc1. The highest BCUT2D eigenvalue weighted by Crippen LogP contribution is 2.41. The van der Waals surface area contributed by atoms with Crippen molar-refractivity contribution >= 4 is 21.8 Å². The largest absolute Gasteiger partial charge is 0.465 e. The maximum absolute atomic E-state index is 13.3. The van der Waals surface area contributed by atoms with Crippen LogP contribution in [-0.2, 0) is 24.3 Å². The summed E-state index contributed by atoms with van der Waals surface area (Å²) in [6, 6.07) is 5.18. The van der Waals surface area contributed by atoms with Gasteiger partial charge in [0, 0.05) is 18.4 Å². The van der Waals surface area contributed by atoms with Crippen molar-refractivity contribution in [3.8, 4) is 0 Å². The number of sulfonamides is 1. The molecule has 0 radical (unpaired) electrons. The Hall–Kier alpha value is -1.73. The predicted octanol–water partition coefficient (Wildman–Crippen LogP) is 2.45. The van der Waals surface area contributed by atoms with Crippen molar-refractivity contribution in [1.29, 1.82) is 0 Å². The first-order chi connectivity index (χ1) is 12.4. The number of Topliss-reactive ketones (excluding diaryl/α,β-unsaturated/α-hetero) is 1. The summed E-state index contributed by atoms with van der Waals surface area (Å²) in [6.07, 6.45) is 2.82. The number of nitrogens with zero attached hydrogens (tertiary/aromatic N) is 1. The Morgan fingerprint density at radius 3 is 2.58 bits per heavy atom. The van der Waals surface area contributed by atoms with Crippen LogP contribution in [0.5, 0.6) is 0 Å². The van der Waals surface area contributed by atoms with Crippen LogP contribution in [0.15, 0.2) is 29.2 Å². The monoisotopic (exact) mass is 379 g/mol. The van der Waals surface area contributed by atoms with Crippen LogP contribution in [0.3, 0.4) is 0 Å². The van der Waals surface area contributed by atoms with Gasteiger partial charge in [0.2, 0.25) is 10.0 Å². The molecular formula is C19H25NO5S. The Kier molecular flexibility index (Phi) is 5.48. The fourth-order valence-corrected chi connectivity index (χ4v) is 5.88. The number of benzene rings is 1. The van der Waals surface area contributed by atoms with E-state index in [0.717, 1.165) is 18.4 Å². The third kappa shape index (κ3) is 3.42. The van der Waals surface area contributed by atoms with Gasteiger partial charge < -0.3 is 4.74 Å². The van der Waals surface area contributed by atoms with Crippen molar-refractivity contribution in [2.24, 2.45) is 5.92 Å². The van der Waals surface area contributed by atoms with Gasteiger partial charge in [-0.3, -0.25) is 9.59 Å². The lowest BCUT2D eigenvalue weighted by molar-refractivity contribution is -0.147. The summed E-state index contributed by atoms with van der Waals surface area (Å²) in [5.41, 5.74) is 0.954. The second kappa shape index (κ2) is 7.48. The Balaban J connectivity index is 2.04. The van der Waals surface area contributed by atoms with E-state index in [-0.39, 0.29) is 23.7 Å². The molecule has 6 nitrogen and oxygen atoms in total. The fourth-order valence-electron chi connectivity index (χ4n) is 4.04. The molecule has 26 heavy (non-hydrogen) atoms. The molecule has 1 aliphatic heterocycles. The highest BCUT2D eigenvalue weighted by molar-refractivity contribution is 7.89. The topological polar surface area (TPSA) is 80.8 Å². The molecule has 1 heterocycles. The number of ketones is 1. The van der Waals surface area contributed by atoms with Crippen LogP contribution in [0.4, 0.5) is 0 Å². The van der Waals surface area contributed by atoms with Gasteiger partial charge in [0.15, 0.2) is 0 Å². The van der Waals surface area contributed by atoms with E-state index in [1.165, 1.54) is 4.31 Å². The number of fused-ring (bicyclic) bond motifs is 1. The zero-order valence-electron chi connectivity index (χ0n) is 15.2. The summed E-state index contributed by atoms with van der Waals surface area (Å²) in [5, 5.41) is 0. The van der Waals surface area contributed by atoms with Crippen LogP contribution in [-0.4, -0.2) is 43.2 Å². The Morgan fingerprint density at radius 2 is 1.92 bits per heavy atom. The Bertz CT molecular complexity index is 787. The molecule has 1 aromatic carbocycles. The van der Waals surface area contributed by atoms with Gasteiger partial charge in [-0.1, -0.05) is 24.1 Å². The van der Waals surface area contributed by atoms with Crippen molar-refractivity contribution < 1.29 is 22.7 Å². The maximum atomic E-state index is 13.3.